The summed E-state index contributed by atoms with van der Waals surface area (Å²) < 4.78 is 5.73. The van der Waals surface area contributed by atoms with Gasteiger partial charge in [0, 0.05) is 11.6 Å². The number of ether oxygens (including phenoxy) is 1. The number of rotatable bonds is 6. The zero-order valence-corrected chi connectivity index (χ0v) is 16.7. The fourth-order valence-electron chi connectivity index (χ4n) is 2.60. The fourth-order valence-corrected chi connectivity index (χ4v) is 2.74. The molecule has 0 fully saturated rings. The van der Waals surface area contributed by atoms with Crippen LogP contribution in [0.5, 0.6) is 5.75 Å². The molecule has 3 N–H and O–H groups in total. The van der Waals surface area contributed by atoms with Crippen LogP contribution >= 0.6 is 12.2 Å². The molecular formula is C21H20N4O3S. The maximum atomic E-state index is 12.4. The van der Waals surface area contributed by atoms with Crippen LogP contribution in [0.1, 0.15) is 19.4 Å². The molecule has 1 heterocycles. The van der Waals surface area contributed by atoms with Crippen molar-refractivity contribution < 1.29 is 9.53 Å². The molecule has 148 valence electrons. The minimum Gasteiger partial charge on any atom is -0.491 e. The third-order valence-electron chi connectivity index (χ3n) is 3.83. The first-order valence-electron chi connectivity index (χ1n) is 8.96. The molecule has 0 aliphatic carbocycles. The third kappa shape index (κ3) is 5.49. The summed E-state index contributed by atoms with van der Waals surface area (Å²) >= 11 is 4.86. The van der Waals surface area contributed by atoms with Crippen LogP contribution in [0.2, 0.25) is 0 Å². The lowest BCUT2D eigenvalue weighted by Gasteiger charge is -2.09. The third-order valence-corrected chi connectivity index (χ3v) is 4.02. The molecule has 0 saturated carbocycles. The van der Waals surface area contributed by atoms with Gasteiger partial charge in [-0.15, -0.1) is 0 Å². The van der Waals surface area contributed by atoms with E-state index in [1.165, 1.54) is 6.08 Å². The Morgan fingerprint density at radius 3 is 2.59 bits per heavy atom. The molecular weight excluding hydrogens is 388 g/mol. The second kappa shape index (κ2) is 9.11. The van der Waals surface area contributed by atoms with Crippen molar-refractivity contribution in [1.82, 2.24) is 15.2 Å². The summed E-state index contributed by atoms with van der Waals surface area (Å²) in [4.78, 5) is 27.0. The smallest absolute Gasteiger partial charge is 0.278 e. The lowest BCUT2D eigenvalue weighted by atomic mass is 10.1. The SMILES string of the molecule is CC(C)Oc1ccc(C=CC(=O)Nc2ccccc2-c2n[nH]c(=S)[nH]c2=O)cc1. The molecule has 0 radical (unpaired) electrons. The van der Waals surface area contributed by atoms with E-state index >= 15 is 0 Å². The van der Waals surface area contributed by atoms with Gasteiger partial charge in [-0.05, 0) is 55.9 Å². The second-order valence-corrected chi connectivity index (χ2v) is 6.87. The lowest BCUT2D eigenvalue weighted by Crippen LogP contribution is -2.15. The van der Waals surface area contributed by atoms with Crippen LogP contribution in [0.3, 0.4) is 0 Å². The summed E-state index contributed by atoms with van der Waals surface area (Å²) in [5, 5.41) is 9.31. The number of nitrogens with one attached hydrogen (secondary N) is 3. The first kappa shape index (κ1) is 20.2. The van der Waals surface area contributed by atoms with Gasteiger partial charge in [0.25, 0.3) is 5.56 Å². The van der Waals surface area contributed by atoms with Gasteiger partial charge in [0.05, 0.1) is 11.8 Å². The number of hydrogen-bond acceptors (Lipinski definition) is 5. The highest BCUT2D eigenvalue weighted by Gasteiger charge is 2.11. The molecule has 0 bridgehead atoms. The molecule has 0 saturated heterocycles. The van der Waals surface area contributed by atoms with E-state index in [1.54, 1.807) is 30.3 Å². The van der Waals surface area contributed by atoms with E-state index in [9.17, 15) is 9.59 Å². The predicted octanol–water partition coefficient (Wildman–Crippen LogP) is 3.93. The maximum absolute atomic E-state index is 12.4. The molecule has 1 amide bonds. The summed E-state index contributed by atoms with van der Waals surface area (Å²) in [6.07, 6.45) is 3.22. The van der Waals surface area contributed by atoms with Crippen molar-refractivity contribution in [1.29, 1.82) is 0 Å². The highest BCUT2D eigenvalue weighted by molar-refractivity contribution is 7.71. The van der Waals surface area contributed by atoms with E-state index in [2.05, 4.69) is 20.5 Å². The minimum atomic E-state index is -0.435. The quantitative estimate of drug-likeness (QED) is 0.424. The molecule has 0 atom stereocenters. The number of anilines is 1. The van der Waals surface area contributed by atoms with Crippen molar-refractivity contribution in [3.63, 3.8) is 0 Å². The number of para-hydroxylation sites is 1. The molecule has 29 heavy (non-hydrogen) atoms. The van der Waals surface area contributed by atoms with Gasteiger partial charge in [-0.25, -0.2) is 0 Å². The normalized spacial score (nSPS) is 11.0. The summed E-state index contributed by atoms with van der Waals surface area (Å²) in [6, 6.07) is 14.3. The standard InChI is InChI=1S/C21H20N4O3S/c1-13(2)28-15-10-7-14(8-11-15)9-12-18(26)22-17-6-4-3-5-16(17)19-20(27)23-21(29)25-24-19/h3-13H,1-2H3,(H,22,26)(H2,23,25,27,29). The van der Waals surface area contributed by atoms with Gasteiger partial charge < -0.3 is 10.1 Å². The molecule has 1 aromatic heterocycles. The molecule has 0 spiro atoms. The average Bonchev–Trinajstić information content (AvgIpc) is 2.68. The molecule has 0 aliphatic heterocycles. The molecule has 0 aliphatic rings. The Morgan fingerprint density at radius 1 is 1.17 bits per heavy atom. The Balaban J connectivity index is 1.75. The van der Waals surface area contributed by atoms with Crippen molar-refractivity contribution in [3.8, 4) is 17.0 Å². The number of carbonyl (C=O) groups is 1. The summed E-state index contributed by atoms with van der Waals surface area (Å²) in [7, 11) is 0. The summed E-state index contributed by atoms with van der Waals surface area (Å²) in [6.45, 7) is 3.92. The van der Waals surface area contributed by atoms with Crippen molar-refractivity contribution in [2.24, 2.45) is 0 Å². The minimum absolute atomic E-state index is 0.101. The first-order chi connectivity index (χ1) is 13.9. The van der Waals surface area contributed by atoms with E-state index in [1.807, 2.05) is 38.1 Å². The van der Waals surface area contributed by atoms with Crippen LogP contribution in [0.15, 0.2) is 59.4 Å². The summed E-state index contributed by atoms with van der Waals surface area (Å²) in [5.74, 6) is 0.440. The zero-order valence-electron chi connectivity index (χ0n) is 15.9. The fraction of sp³-hybridized carbons (Fsp3) is 0.143. The Hall–Kier alpha value is -3.52. The van der Waals surface area contributed by atoms with Gasteiger partial charge >= 0.3 is 0 Å². The number of aromatic amines is 2. The lowest BCUT2D eigenvalue weighted by molar-refractivity contribution is -0.111. The van der Waals surface area contributed by atoms with Crippen LogP contribution in [-0.2, 0) is 4.79 Å². The maximum Gasteiger partial charge on any atom is 0.278 e. The summed E-state index contributed by atoms with van der Waals surface area (Å²) in [5.41, 5.74) is 1.51. The van der Waals surface area contributed by atoms with Gasteiger partial charge in [-0.1, -0.05) is 30.3 Å². The molecule has 3 aromatic rings. The number of H-pyrrole nitrogens is 2. The van der Waals surface area contributed by atoms with Gasteiger partial charge in [-0.3, -0.25) is 19.7 Å². The Kier molecular flexibility index (Phi) is 6.36. The Bertz CT molecular complexity index is 1150. The monoisotopic (exact) mass is 408 g/mol. The Labute approximate surface area is 172 Å². The molecule has 0 unspecified atom stereocenters. The van der Waals surface area contributed by atoms with Crippen LogP contribution in [0.25, 0.3) is 17.3 Å². The van der Waals surface area contributed by atoms with E-state index < -0.39 is 5.56 Å². The van der Waals surface area contributed by atoms with Gasteiger partial charge in [-0.2, -0.15) is 5.10 Å². The van der Waals surface area contributed by atoms with Crippen LogP contribution < -0.4 is 15.6 Å². The van der Waals surface area contributed by atoms with Gasteiger partial charge in [0.1, 0.15) is 5.75 Å². The van der Waals surface area contributed by atoms with Crippen molar-refractivity contribution in [2.75, 3.05) is 5.32 Å². The van der Waals surface area contributed by atoms with E-state index in [4.69, 9.17) is 17.0 Å². The van der Waals surface area contributed by atoms with Crippen molar-refractivity contribution >= 4 is 29.9 Å². The number of benzene rings is 2. The predicted molar refractivity (Wildman–Crippen MR) is 115 cm³/mol. The number of nitrogens with zero attached hydrogens (tertiary/aromatic N) is 1. The number of hydrogen-bond donors (Lipinski definition) is 3. The average molecular weight is 408 g/mol. The van der Waals surface area contributed by atoms with Crippen LogP contribution in [0, 0.1) is 4.77 Å². The molecule has 8 heteroatoms. The topological polar surface area (TPSA) is 99.9 Å². The number of carbonyl (C=O) groups excluding carboxylic acids is 1. The molecule has 3 rings (SSSR count). The first-order valence-corrected chi connectivity index (χ1v) is 9.37. The van der Waals surface area contributed by atoms with E-state index in [-0.39, 0.29) is 22.5 Å². The van der Waals surface area contributed by atoms with Gasteiger partial charge in [0.2, 0.25) is 5.91 Å². The second-order valence-electron chi connectivity index (χ2n) is 6.46. The van der Waals surface area contributed by atoms with Crippen LogP contribution in [-0.4, -0.2) is 27.2 Å². The van der Waals surface area contributed by atoms with Crippen LogP contribution in [0.4, 0.5) is 5.69 Å². The number of aromatic nitrogens is 3. The van der Waals surface area contributed by atoms with E-state index in [0.717, 1.165) is 11.3 Å². The van der Waals surface area contributed by atoms with Gasteiger partial charge in [0.15, 0.2) is 10.5 Å². The highest BCUT2D eigenvalue weighted by atomic mass is 32.1. The zero-order chi connectivity index (χ0) is 20.8. The van der Waals surface area contributed by atoms with Crippen molar-refractivity contribution in [2.45, 2.75) is 20.0 Å². The van der Waals surface area contributed by atoms with Crippen molar-refractivity contribution in [3.05, 3.63) is 75.3 Å². The number of amides is 1. The Morgan fingerprint density at radius 2 is 1.90 bits per heavy atom. The van der Waals surface area contributed by atoms with E-state index in [0.29, 0.717) is 11.3 Å². The molecule has 7 nitrogen and oxygen atoms in total. The largest absolute Gasteiger partial charge is 0.491 e. The highest BCUT2D eigenvalue weighted by Crippen LogP contribution is 2.23. The molecule has 2 aromatic carbocycles.